The number of allylic oxidation sites excluding steroid dienone is 4. The van der Waals surface area contributed by atoms with Gasteiger partial charge in [0, 0.05) is 11.2 Å². The number of rotatable bonds is 1. The van der Waals surface area contributed by atoms with E-state index in [2.05, 4.69) is 6.92 Å². The molecule has 1 rings (SSSR count). The van der Waals surface area contributed by atoms with Crippen molar-refractivity contribution in [2.24, 2.45) is 0 Å². The van der Waals surface area contributed by atoms with Gasteiger partial charge in [-0.15, -0.1) is 0 Å². The van der Waals surface area contributed by atoms with Crippen LogP contribution < -0.4 is 0 Å². The minimum absolute atomic E-state index is 0.781. The van der Waals surface area contributed by atoms with Crippen LogP contribution in [0.5, 0.6) is 0 Å². The first-order valence-corrected chi connectivity index (χ1v) is 5.57. The summed E-state index contributed by atoms with van der Waals surface area (Å²) in [5.41, 5.74) is 1.30. The Morgan fingerprint density at radius 3 is 2.45 bits per heavy atom. The third kappa shape index (κ3) is 2.19. The van der Waals surface area contributed by atoms with Gasteiger partial charge in [0.2, 0.25) is 0 Å². The average Bonchev–Trinajstić information content (AvgIpc) is 1.86. The molecule has 0 aromatic rings. The van der Waals surface area contributed by atoms with Gasteiger partial charge in [-0.1, -0.05) is 11.6 Å². The second kappa shape index (κ2) is 2.81. The van der Waals surface area contributed by atoms with Crippen LogP contribution in [-0.4, -0.2) is 10.5 Å². The van der Waals surface area contributed by atoms with Crippen molar-refractivity contribution in [2.45, 2.75) is 19.8 Å². The first-order chi connectivity index (χ1) is 5.00. The van der Waals surface area contributed by atoms with Gasteiger partial charge in [-0.2, -0.15) is 0 Å². The molecule has 0 heterocycles. The Hall–Kier alpha value is -0.570. The highest BCUT2D eigenvalue weighted by Crippen LogP contribution is 2.21. The molecule has 0 spiro atoms. The fraction of sp³-hybridized carbons (Fsp3) is 0.500. The van der Waals surface area contributed by atoms with Crippen molar-refractivity contribution in [3.8, 4) is 0 Å². The van der Waals surface area contributed by atoms with Crippen LogP contribution in [0, 0.1) is 4.78 Å². The van der Waals surface area contributed by atoms with Gasteiger partial charge in [-0.3, -0.25) is 0 Å². The lowest BCUT2D eigenvalue weighted by Gasteiger charge is -2.11. The standard InChI is InChI=1S/C8H13NOS/c1-7-3-5-8(6-4-7)11(2,9)10/h3,5,9H,4,6H2,1-2H3. The Bertz CT molecular complexity index is 309. The molecule has 1 atom stereocenters. The van der Waals surface area contributed by atoms with E-state index in [1.807, 2.05) is 12.2 Å². The van der Waals surface area contributed by atoms with Crippen molar-refractivity contribution in [2.75, 3.05) is 6.26 Å². The molecule has 11 heavy (non-hydrogen) atoms. The monoisotopic (exact) mass is 171 g/mol. The highest BCUT2D eigenvalue weighted by molar-refractivity contribution is 7.95. The number of hydrogen-bond acceptors (Lipinski definition) is 2. The lowest BCUT2D eigenvalue weighted by Crippen LogP contribution is -2.01. The zero-order chi connectivity index (χ0) is 8.48. The van der Waals surface area contributed by atoms with Crippen LogP contribution in [0.25, 0.3) is 0 Å². The molecule has 2 nitrogen and oxygen atoms in total. The minimum atomic E-state index is -2.43. The highest BCUT2D eigenvalue weighted by Gasteiger charge is 2.09. The molecule has 0 saturated heterocycles. The molecule has 1 unspecified atom stereocenters. The van der Waals surface area contributed by atoms with Gasteiger partial charge in [0.05, 0.1) is 9.73 Å². The smallest absolute Gasteiger partial charge is 0.0658 e. The molecule has 0 aromatic carbocycles. The summed E-state index contributed by atoms with van der Waals surface area (Å²) in [5, 5.41) is 0. The second-order valence-corrected chi connectivity index (χ2v) is 5.20. The van der Waals surface area contributed by atoms with Gasteiger partial charge in [0.15, 0.2) is 0 Å². The molecule has 0 radical (unpaired) electrons. The van der Waals surface area contributed by atoms with E-state index in [9.17, 15) is 4.21 Å². The minimum Gasteiger partial charge on any atom is -0.249 e. The van der Waals surface area contributed by atoms with Gasteiger partial charge in [0.25, 0.3) is 0 Å². The predicted molar refractivity (Wildman–Crippen MR) is 47.9 cm³/mol. The Morgan fingerprint density at radius 1 is 1.45 bits per heavy atom. The fourth-order valence-corrected chi connectivity index (χ4v) is 1.87. The van der Waals surface area contributed by atoms with Gasteiger partial charge < -0.3 is 0 Å². The topological polar surface area (TPSA) is 40.9 Å². The summed E-state index contributed by atoms with van der Waals surface area (Å²) in [4.78, 5) is 0.781. The van der Waals surface area contributed by atoms with Crippen molar-refractivity contribution < 1.29 is 4.21 Å². The maximum absolute atomic E-state index is 11.2. The van der Waals surface area contributed by atoms with Crippen LogP contribution >= 0.6 is 0 Å². The number of nitrogens with one attached hydrogen (secondary N) is 1. The van der Waals surface area contributed by atoms with Gasteiger partial charge in [-0.25, -0.2) is 8.99 Å². The second-order valence-electron chi connectivity index (χ2n) is 2.99. The van der Waals surface area contributed by atoms with Crippen molar-refractivity contribution >= 4 is 9.73 Å². The molecule has 0 aliphatic heterocycles. The first-order valence-electron chi connectivity index (χ1n) is 3.60. The third-order valence-electron chi connectivity index (χ3n) is 1.82. The van der Waals surface area contributed by atoms with E-state index >= 15 is 0 Å². The molecular weight excluding hydrogens is 158 g/mol. The maximum Gasteiger partial charge on any atom is 0.0658 e. The third-order valence-corrected chi connectivity index (χ3v) is 3.16. The lowest BCUT2D eigenvalue weighted by atomic mass is 10.1. The molecule has 3 heteroatoms. The highest BCUT2D eigenvalue weighted by atomic mass is 32.2. The van der Waals surface area contributed by atoms with Crippen LogP contribution in [-0.2, 0) is 9.73 Å². The number of hydrogen-bond donors (Lipinski definition) is 1. The molecule has 0 fully saturated rings. The van der Waals surface area contributed by atoms with E-state index in [0.717, 1.165) is 17.7 Å². The predicted octanol–water partition coefficient (Wildman–Crippen LogP) is 2.29. The van der Waals surface area contributed by atoms with Gasteiger partial charge in [0.1, 0.15) is 0 Å². The Balaban J connectivity index is 2.95. The van der Waals surface area contributed by atoms with Crippen molar-refractivity contribution in [3.05, 3.63) is 22.6 Å². The zero-order valence-electron chi connectivity index (χ0n) is 6.89. The molecule has 62 valence electrons. The van der Waals surface area contributed by atoms with E-state index in [4.69, 9.17) is 4.78 Å². The Labute approximate surface area is 68.0 Å². The van der Waals surface area contributed by atoms with Crippen LogP contribution in [0.1, 0.15) is 19.8 Å². The lowest BCUT2D eigenvalue weighted by molar-refractivity contribution is 0.680. The van der Waals surface area contributed by atoms with Gasteiger partial charge in [-0.05, 0) is 25.8 Å². The summed E-state index contributed by atoms with van der Waals surface area (Å²) in [6, 6.07) is 0. The quantitative estimate of drug-likeness (QED) is 0.646. The van der Waals surface area contributed by atoms with E-state index in [0.29, 0.717) is 0 Å². The Kier molecular flexibility index (Phi) is 2.18. The summed E-state index contributed by atoms with van der Waals surface area (Å²) in [7, 11) is -2.43. The van der Waals surface area contributed by atoms with E-state index < -0.39 is 9.73 Å². The summed E-state index contributed by atoms with van der Waals surface area (Å²) >= 11 is 0. The largest absolute Gasteiger partial charge is 0.249 e. The maximum atomic E-state index is 11.2. The average molecular weight is 171 g/mol. The van der Waals surface area contributed by atoms with E-state index in [-0.39, 0.29) is 0 Å². The molecular formula is C8H13NOS. The molecule has 0 bridgehead atoms. The summed E-state index contributed by atoms with van der Waals surface area (Å²) in [5.74, 6) is 0. The summed E-state index contributed by atoms with van der Waals surface area (Å²) < 4.78 is 18.5. The molecule has 0 aromatic heterocycles. The summed E-state index contributed by atoms with van der Waals surface area (Å²) in [6.07, 6.45) is 7.01. The van der Waals surface area contributed by atoms with Crippen LogP contribution in [0.15, 0.2) is 22.6 Å². The van der Waals surface area contributed by atoms with Crippen molar-refractivity contribution in [1.29, 1.82) is 4.78 Å². The van der Waals surface area contributed by atoms with Crippen LogP contribution in [0.3, 0.4) is 0 Å². The normalized spacial score (nSPS) is 23.5. The van der Waals surface area contributed by atoms with Crippen molar-refractivity contribution in [1.82, 2.24) is 0 Å². The zero-order valence-corrected chi connectivity index (χ0v) is 7.70. The first kappa shape index (κ1) is 8.53. The summed E-state index contributed by atoms with van der Waals surface area (Å²) in [6.45, 7) is 2.05. The van der Waals surface area contributed by atoms with E-state index in [1.165, 1.54) is 11.8 Å². The van der Waals surface area contributed by atoms with Crippen molar-refractivity contribution in [3.63, 3.8) is 0 Å². The van der Waals surface area contributed by atoms with Gasteiger partial charge >= 0.3 is 0 Å². The molecule has 0 amide bonds. The Morgan fingerprint density at radius 2 is 2.09 bits per heavy atom. The SMILES string of the molecule is CC1=CC=C(S(C)(=N)=O)CC1. The van der Waals surface area contributed by atoms with E-state index in [1.54, 1.807) is 0 Å². The molecule has 0 saturated carbocycles. The fourth-order valence-electron chi connectivity index (χ4n) is 1.05. The molecule has 1 N–H and O–H groups in total. The molecule has 1 aliphatic rings. The molecule has 1 aliphatic carbocycles. The van der Waals surface area contributed by atoms with Crippen LogP contribution in [0.2, 0.25) is 0 Å². The van der Waals surface area contributed by atoms with Crippen LogP contribution in [0.4, 0.5) is 0 Å².